The molecule has 0 amide bonds. The van der Waals surface area contributed by atoms with Crippen LogP contribution in [0.4, 0.5) is 0 Å². The molecule has 100 valence electrons. The van der Waals surface area contributed by atoms with Crippen LogP contribution in [0.3, 0.4) is 0 Å². The molecule has 0 aromatic carbocycles. The number of nitrogens with zero attached hydrogens (tertiary/aromatic N) is 1. The molecular weight excluding hydrogens is 208 g/mol. The molecule has 3 atom stereocenters. The number of piperazine rings is 1. The molecule has 0 aromatic rings. The monoisotopic (exact) mass is 238 g/mol. The molecule has 0 spiro atoms. The Bertz CT molecular complexity index is 227. The first-order valence-electron chi connectivity index (χ1n) is 7.62. The van der Waals surface area contributed by atoms with E-state index in [1.54, 1.807) is 0 Å². The lowest BCUT2D eigenvalue weighted by atomic mass is 9.80. The highest BCUT2D eigenvalue weighted by molar-refractivity contribution is 4.83. The second kappa shape index (κ2) is 6.19. The summed E-state index contributed by atoms with van der Waals surface area (Å²) in [7, 11) is 0. The molecule has 2 heteroatoms. The molecule has 2 aliphatic rings. The highest BCUT2D eigenvalue weighted by Crippen LogP contribution is 2.30. The molecule has 0 radical (unpaired) electrons. The Hall–Kier alpha value is -0.0800. The predicted molar refractivity (Wildman–Crippen MR) is 74.2 cm³/mol. The topological polar surface area (TPSA) is 15.3 Å². The first kappa shape index (κ1) is 13.4. The van der Waals surface area contributed by atoms with Crippen LogP contribution < -0.4 is 5.32 Å². The summed E-state index contributed by atoms with van der Waals surface area (Å²) in [5.41, 5.74) is 0. The van der Waals surface area contributed by atoms with E-state index >= 15 is 0 Å². The van der Waals surface area contributed by atoms with Crippen LogP contribution in [0.1, 0.15) is 46.5 Å². The third kappa shape index (κ3) is 3.69. The molecule has 1 N–H and O–H groups in total. The van der Waals surface area contributed by atoms with Crippen molar-refractivity contribution in [2.24, 2.45) is 17.8 Å². The van der Waals surface area contributed by atoms with Gasteiger partial charge in [0.1, 0.15) is 0 Å². The molecule has 2 rings (SSSR count). The van der Waals surface area contributed by atoms with Gasteiger partial charge in [-0.05, 0) is 24.2 Å². The van der Waals surface area contributed by atoms with Crippen molar-refractivity contribution in [3.63, 3.8) is 0 Å². The highest BCUT2D eigenvalue weighted by atomic mass is 15.2. The minimum absolute atomic E-state index is 0.711. The highest BCUT2D eigenvalue weighted by Gasteiger charge is 2.27. The van der Waals surface area contributed by atoms with Crippen molar-refractivity contribution in [3.8, 4) is 0 Å². The van der Waals surface area contributed by atoms with E-state index < -0.39 is 0 Å². The molecule has 2 fully saturated rings. The zero-order chi connectivity index (χ0) is 12.3. The number of hydrogen-bond acceptors (Lipinski definition) is 2. The molecule has 1 saturated carbocycles. The van der Waals surface area contributed by atoms with Crippen LogP contribution in [0, 0.1) is 17.8 Å². The number of hydrogen-bond donors (Lipinski definition) is 1. The van der Waals surface area contributed by atoms with Gasteiger partial charge in [-0.25, -0.2) is 0 Å². The van der Waals surface area contributed by atoms with Crippen LogP contribution in [0.15, 0.2) is 0 Å². The van der Waals surface area contributed by atoms with Crippen LogP contribution in [0.5, 0.6) is 0 Å². The number of rotatable bonds is 3. The summed E-state index contributed by atoms with van der Waals surface area (Å²) in [6.07, 6.45) is 5.87. The lowest BCUT2D eigenvalue weighted by Gasteiger charge is -2.39. The molecule has 1 heterocycles. The Labute approximate surface area is 107 Å². The Kier molecular flexibility index (Phi) is 4.87. The van der Waals surface area contributed by atoms with Crippen molar-refractivity contribution < 1.29 is 0 Å². The van der Waals surface area contributed by atoms with E-state index in [4.69, 9.17) is 0 Å². The van der Waals surface area contributed by atoms with Crippen LogP contribution in [-0.2, 0) is 0 Å². The fourth-order valence-corrected chi connectivity index (χ4v) is 3.45. The minimum Gasteiger partial charge on any atom is -0.311 e. The first-order chi connectivity index (χ1) is 8.16. The molecule has 1 saturated heterocycles. The maximum atomic E-state index is 3.66. The van der Waals surface area contributed by atoms with Crippen LogP contribution in [0.2, 0.25) is 0 Å². The van der Waals surface area contributed by atoms with E-state index in [0.717, 1.165) is 17.8 Å². The average molecular weight is 238 g/mol. The molecule has 1 aliphatic carbocycles. The fraction of sp³-hybridized carbons (Fsp3) is 1.00. The molecule has 0 bridgehead atoms. The minimum atomic E-state index is 0.711. The summed E-state index contributed by atoms with van der Waals surface area (Å²) in [5, 5.41) is 3.66. The molecule has 17 heavy (non-hydrogen) atoms. The third-order valence-electron chi connectivity index (χ3n) is 4.88. The SMILES string of the molecule is CC(C)C1CN(CC2CCCCC2C)CCN1. The third-order valence-corrected chi connectivity index (χ3v) is 4.88. The molecule has 0 aromatic heterocycles. The van der Waals surface area contributed by atoms with Crippen LogP contribution in [0.25, 0.3) is 0 Å². The van der Waals surface area contributed by atoms with E-state index in [9.17, 15) is 0 Å². The first-order valence-corrected chi connectivity index (χ1v) is 7.62. The summed E-state index contributed by atoms with van der Waals surface area (Å²) in [5.74, 6) is 2.69. The summed E-state index contributed by atoms with van der Waals surface area (Å²) < 4.78 is 0. The van der Waals surface area contributed by atoms with E-state index in [1.807, 2.05) is 0 Å². The van der Waals surface area contributed by atoms with Gasteiger partial charge in [0.05, 0.1) is 0 Å². The van der Waals surface area contributed by atoms with Crippen molar-refractivity contribution in [2.75, 3.05) is 26.2 Å². The van der Waals surface area contributed by atoms with Gasteiger partial charge < -0.3 is 10.2 Å². The summed E-state index contributed by atoms with van der Waals surface area (Å²) in [4.78, 5) is 2.72. The normalized spacial score (nSPS) is 36.4. The van der Waals surface area contributed by atoms with Crippen molar-refractivity contribution in [2.45, 2.75) is 52.5 Å². The van der Waals surface area contributed by atoms with Gasteiger partial charge in [-0.15, -0.1) is 0 Å². The molecule has 3 unspecified atom stereocenters. The molecular formula is C15H30N2. The van der Waals surface area contributed by atoms with Gasteiger partial charge in [-0.1, -0.05) is 40.0 Å². The maximum Gasteiger partial charge on any atom is 0.0218 e. The van der Waals surface area contributed by atoms with Crippen molar-refractivity contribution >= 4 is 0 Å². The Morgan fingerprint density at radius 3 is 2.71 bits per heavy atom. The molecule has 1 aliphatic heterocycles. The van der Waals surface area contributed by atoms with Crippen molar-refractivity contribution in [1.29, 1.82) is 0 Å². The average Bonchev–Trinajstić information content (AvgIpc) is 2.32. The number of nitrogens with one attached hydrogen (secondary N) is 1. The van der Waals surface area contributed by atoms with Gasteiger partial charge >= 0.3 is 0 Å². The lowest BCUT2D eigenvalue weighted by molar-refractivity contribution is 0.118. The van der Waals surface area contributed by atoms with Gasteiger partial charge in [0.25, 0.3) is 0 Å². The second-order valence-corrected chi connectivity index (χ2v) is 6.59. The smallest absolute Gasteiger partial charge is 0.0218 e. The van der Waals surface area contributed by atoms with Crippen molar-refractivity contribution in [1.82, 2.24) is 10.2 Å². The summed E-state index contributed by atoms with van der Waals surface area (Å²) in [6.45, 7) is 12.2. The Morgan fingerprint density at radius 1 is 1.24 bits per heavy atom. The Morgan fingerprint density at radius 2 is 2.00 bits per heavy atom. The lowest BCUT2D eigenvalue weighted by Crippen LogP contribution is -2.54. The Balaban J connectivity index is 1.81. The second-order valence-electron chi connectivity index (χ2n) is 6.59. The quantitative estimate of drug-likeness (QED) is 0.813. The van der Waals surface area contributed by atoms with Gasteiger partial charge in [0.15, 0.2) is 0 Å². The van der Waals surface area contributed by atoms with Crippen LogP contribution in [-0.4, -0.2) is 37.1 Å². The fourth-order valence-electron chi connectivity index (χ4n) is 3.45. The van der Waals surface area contributed by atoms with Gasteiger partial charge in [-0.2, -0.15) is 0 Å². The predicted octanol–water partition coefficient (Wildman–Crippen LogP) is 2.74. The van der Waals surface area contributed by atoms with Crippen molar-refractivity contribution in [3.05, 3.63) is 0 Å². The zero-order valence-corrected chi connectivity index (χ0v) is 11.9. The largest absolute Gasteiger partial charge is 0.311 e. The van der Waals surface area contributed by atoms with E-state index in [1.165, 1.54) is 51.9 Å². The maximum absolute atomic E-state index is 3.66. The van der Waals surface area contributed by atoms with Crippen LogP contribution >= 0.6 is 0 Å². The van der Waals surface area contributed by atoms with E-state index in [-0.39, 0.29) is 0 Å². The summed E-state index contributed by atoms with van der Waals surface area (Å²) in [6, 6.07) is 0.711. The van der Waals surface area contributed by atoms with E-state index in [0.29, 0.717) is 6.04 Å². The molecule has 2 nitrogen and oxygen atoms in total. The van der Waals surface area contributed by atoms with Gasteiger partial charge in [0.2, 0.25) is 0 Å². The standard InChI is InChI=1S/C15H30N2/c1-12(2)15-11-17(9-8-16-15)10-14-7-5-4-6-13(14)3/h12-16H,4-11H2,1-3H3. The zero-order valence-electron chi connectivity index (χ0n) is 11.9. The van der Waals surface area contributed by atoms with Gasteiger partial charge in [-0.3, -0.25) is 0 Å². The van der Waals surface area contributed by atoms with Gasteiger partial charge in [0, 0.05) is 32.2 Å². The van der Waals surface area contributed by atoms with E-state index in [2.05, 4.69) is 31.0 Å². The summed E-state index contributed by atoms with van der Waals surface area (Å²) >= 11 is 0.